The summed E-state index contributed by atoms with van der Waals surface area (Å²) in [5, 5.41) is 1.52. The molecule has 1 amide bonds. The first-order valence-corrected chi connectivity index (χ1v) is 6.54. The molecule has 0 spiro atoms. The molecule has 108 valence electrons. The maximum Gasteiger partial charge on any atom is 0.220 e. The van der Waals surface area contributed by atoms with Crippen LogP contribution in [0.4, 0.5) is 0 Å². The van der Waals surface area contributed by atoms with Gasteiger partial charge in [-0.25, -0.2) is 5.84 Å². The van der Waals surface area contributed by atoms with Crippen molar-refractivity contribution in [1.29, 1.82) is 0 Å². The maximum atomic E-state index is 11.5. The van der Waals surface area contributed by atoms with E-state index in [0.717, 1.165) is 5.56 Å². The molecule has 0 aromatic heterocycles. The Hall–Kier alpha value is -2.05. The average molecular weight is 275 g/mol. The summed E-state index contributed by atoms with van der Waals surface area (Å²) < 4.78 is 0. The Morgan fingerprint density at radius 2 is 2.20 bits per heavy atom. The highest BCUT2D eigenvalue weighted by atomic mass is 16.2. The lowest BCUT2D eigenvalue weighted by molar-refractivity contribution is -0.129. The molecule has 1 aromatic rings. The van der Waals surface area contributed by atoms with Crippen molar-refractivity contribution in [2.24, 2.45) is 17.3 Å². The summed E-state index contributed by atoms with van der Waals surface area (Å²) in [6, 6.07) is 6.06. The number of nitrogens with two attached hydrogens (primary N) is 3. The van der Waals surface area contributed by atoms with Gasteiger partial charge in [-0.2, -0.15) is 0 Å². The van der Waals surface area contributed by atoms with E-state index in [0.29, 0.717) is 25.3 Å². The quantitative estimate of drug-likeness (QED) is 0.529. The Bertz CT molecular complexity index is 540. The van der Waals surface area contributed by atoms with E-state index in [1.165, 1.54) is 16.1 Å². The normalized spacial score (nSPS) is 14.3. The number of hydrazine groups is 1. The fourth-order valence-corrected chi connectivity index (χ4v) is 2.37. The highest BCUT2D eigenvalue weighted by Gasteiger charge is 2.23. The van der Waals surface area contributed by atoms with Crippen molar-refractivity contribution in [3.8, 4) is 0 Å². The molecule has 0 atom stereocenters. The fraction of sp³-hybridized carbons (Fsp3) is 0.357. The highest BCUT2D eigenvalue weighted by molar-refractivity contribution is 5.74. The van der Waals surface area contributed by atoms with Crippen molar-refractivity contribution in [1.82, 2.24) is 9.91 Å². The first-order chi connectivity index (χ1) is 9.51. The molecule has 0 fully saturated rings. The number of hydrogen-bond acceptors (Lipinski definition) is 5. The monoisotopic (exact) mass is 275 g/mol. The number of amides is 1. The number of fused-ring (bicyclic) bond motifs is 1. The van der Waals surface area contributed by atoms with E-state index in [2.05, 4.69) is 0 Å². The number of hydrogen-bond donors (Lipinski definition) is 3. The zero-order valence-corrected chi connectivity index (χ0v) is 11.7. The minimum atomic E-state index is 0.0871. The van der Waals surface area contributed by atoms with Gasteiger partial charge in [-0.15, -0.1) is 0 Å². The SMILES string of the molecule is CC(=O)N1Cc2cccc(CN(N)/C=C(\N)CN)c2C1. The molecule has 0 saturated heterocycles. The Morgan fingerprint density at radius 3 is 2.85 bits per heavy atom. The highest BCUT2D eigenvalue weighted by Crippen LogP contribution is 2.26. The van der Waals surface area contributed by atoms with E-state index in [1.807, 2.05) is 23.1 Å². The first kappa shape index (κ1) is 14.4. The van der Waals surface area contributed by atoms with Crippen molar-refractivity contribution < 1.29 is 4.79 Å². The molecule has 0 bridgehead atoms. The Morgan fingerprint density at radius 1 is 1.45 bits per heavy atom. The lowest BCUT2D eigenvalue weighted by atomic mass is 10.0. The second-order valence-corrected chi connectivity index (χ2v) is 5.01. The van der Waals surface area contributed by atoms with Gasteiger partial charge in [0.25, 0.3) is 0 Å². The van der Waals surface area contributed by atoms with Gasteiger partial charge < -0.3 is 21.4 Å². The minimum Gasteiger partial charge on any atom is -0.400 e. The smallest absolute Gasteiger partial charge is 0.220 e. The largest absolute Gasteiger partial charge is 0.400 e. The molecule has 1 heterocycles. The van der Waals surface area contributed by atoms with Gasteiger partial charge in [-0.05, 0) is 16.7 Å². The van der Waals surface area contributed by atoms with Gasteiger partial charge in [-0.1, -0.05) is 18.2 Å². The van der Waals surface area contributed by atoms with Crippen molar-refractivity contribution in [3.05, 3.63) is 46.8 Å². The topological polar surface area (TPSA) is 102 Å². The molecule has 1 aliphatic heterocycles. The van der Waals surface area contributed by atoms with E-state index in [9.17, 15) is 4.79 Å². The van der Waals surface area contributed by atoms with Gasteiger partial charge in [0, 0.05) is 38.5 Å². The standard InChI is InChI=1S/C14H21N5O/c1-10(20)18-6-11-3-2-4-12(14(11)9-18)7-19(17)8-13(16)5-15/h2-4,8H,5-7,9,15-17H2,1H3/b13-8-. The van der Waals surface area contributed by atoms with Crippen molar-refractivity contribution >= 4 is 5.91 Å². The molecule has 1 aliphatic rings. The van der Waals surface area contributed by atoms with Crippen LogP contribution in [0.1, 0.15) is 23.6 Å². The molecule has 0 saturated carbocycles. The Kier molecular flexibility index (Phi) is 4.26. The molecule has 6 nitrogen and oxygen atoms in total. The summed E-state index contributed by atoms with van der Waals surface area (Å²) in [4.78, 5) is 13.3. The molecule has 0 aliphatic carbocycles. The molecule has 0 unspecified atom stereocenters. The Balaban J connectivity index is 2.16. The van der Waals surface area contributed by atoms with E-state index in [-0.39, 0.29) is 12.5 Å². The van der Waals surface area contributed by atoms with Crippen molar-refractivity contribution in [2.45, 2.75) is 26.6 Å². The van der Waals surface area contributed by atoms with Crippen LogP contribution in [-0.4, -0.2) is 22.4 Å². The summed E-state index contributed by atoms with van der Waals surface area (Å²) in [7, 11) is 0. The van der Waals surface area contributed by atoms with Crippen LogP contribution in [0.15, 0.2) is 30.1 Å². The van der Waals surface area contributed by atoms with Crippen LogP contribution in [0, 0.1) is 0 Å². The van der Waals surface area contributed by atoms with Gasteiger partial charge in [0.05, 0.1) is 6.54 Å². The van der Waals surface area contributed by atoms with Crippen LogP contribution < -0.4 is 17.3 Å². The summed E-state index contributed by atoms with van der Waals surface area (Å²) in [5.41, 5.74) is 15.1. The third kappa shape index (κ3) is 3.09. The lowest BCUT2D eigenvalue weighted by Crippen LogP contribution is -2.28. The molecule has 2 rings (SSSR count). The lowest BCUT2D eigenvalue weighted by Gasteiger charge is -2.17. The van der Waals surface area contributed by atoms with Crippen LogP contribution >= 0.6 is 0 Å². The maximum absolute atomic E-state index is 11.5. The number of benzene rings is 1. The van der Waals surface area contributed by atoms with E-state index in [4.69, 9.17) is 17.3 Å². The van der Waals surface area contributed by atoms with Crippen LogP contribution in [0.5, 0.6) is 0 Å². The number of rotatable bonds is 4. The summed E-state index contributed by atoms with van der Waals surface area (Å²) >= 11 is 0. The molecule has 1 aromatic carbocycles. The zero-order valence-electron chi connectivity index (χ0n) is 11.7. The third-order valence-corrected chi connectivity index (χ3v) is 3.45. The zero-order chi connectivity index (χ0) is 14.7. The second kappa shape index (κ2) is 5.94. The van der Waals surface area contributed by atoms with Crippen LogP contribution in [0.2, 0.25) is 0 Å². The number of carbonyl (C=O) groups is 1. The van der Waals surface area contributed by atoms with Crippen LogP contribution in [-0.2, 0) is 24.4 Å². The average Bonchev–Trinajstić information content (AvgIpc) is 2.83. The predicted octanol–water partition coefficient (Wildman–Crippen LogP) is -0.0168. The summed E-state index contributed by atoms with van der Waals surface area (Å²) in [5.74, 6) is 6.00. The first-order valence-electron chi connectivity index (χ1n) is 6.54. The fourth-order valence-electron chi connectivity index (χ4n) is 2.37. The van der Waals surface area contributed by atoms with Crippen molar-refractivity contribution in [3.63, 3.8) is 0 Å². The van der Waals surface area contributed by atoms with Crippen molar-refractivity contribution in [2.75, 3.05) is 6.54 Å². The van der Waals surface area contributed by atoms with E-state index < -0.39 is 0 Å². The molecule has 6 N–H and O–H groups in total. The van der Waals surface area contributed by atoms with Crippen LogP contribution in [0.3, 0.4) is 0 Å². The molecular weight excluding hydrogens is 254 g/mol. The molecular formula is C14H21N5O. The predicted molar refractivity (Wildman–Crippen MR) is 77.4 cm³/mol. The molecule has 20 heavy (non-hydrogen) atoms. The van der Waals surface area contributed by atoms with Gasteiger partial charge >= 0.3 is 0 Å². The molecule has 6 heteroatoms. The second-order valence-electron chi connectivity index (χ2n) is 5.01. The van der Waals surface area contributed by atoms with Gasteiger partial charge in [-0.3, -0.25) is 4.79 Å². The van der Waals surface area contributed by atoms with Gasteiger partial charge in [0.1, 0.15) is 0 Å². The minimum absolute atomic E-state index is 0.0871. The number of nitrogens with zero attached hydrogens (tertiary/aromatic N) is 2. The Labute approximate surface area is 118 Å². The van der Waals surface area contributed by atoms with Gasteiger partial charge in [0.2, 0.25) is 5.91 Å². The molecule has 0 radical (unpaired) electrons. The van der Waals surface area contributed by atoms with Crippen LogP contribution in [0.25, 0.3) is 0 Å². The summed E-state index contributed by atoms with van der Waals surface area (Å²) in [6.45, 7) is 3.72. The van der Waals surface area contributed by atoms with Gasteiger partial charge in [0.15, 0.2) is 0 Å². The third-order valence-electron chi connectivity index (χ3n) is 3.45. The number of carbonyl (C=O) groups excluding carboxylic acids is 1. The summed E-state index contributed by atoms with van der Waals surface area (Å²) in [6.07, 6.45) is 1.64. The van der Waals surface area contributed by atoms with E-state index in [1.54, 1.807) is 13.1 Å². The van der Waals surface area contributed by atoms with E-state index >= 15 is 0 Å².